The Morgan fingerprint density at radius 1 is 1.40 bits per heavy atom. The van der Waals surface area contributed by atoms with Gasteiger partial charge in [0.1, 0.15) is 0 Å². The summed E-state index contributed by atoms with van der Waals surface area (Å²) in [4.78, 5) is 10.9. The van der Waals surface area contributed by atoms with Gasteiger partial charge in [-0.25, -0.2) is 0 Å². The zero-order valence-electron chi connectivity index (χ0n) is 12.7. The first kappa shape index (κ1) is 22.9. The van der Waals surface area contributed by atoms with Gasteiger partial charge in [-0.05, 0) is 24.6 Å². The summed E-state index contributed by atoms with van der Waals surface area (Å²) in [6, 6.07) is 0. The number of esters is 1. The molecule has 6 heteroatoms. The molecule has 3 unspecified atom stereocenters. The van der Waals surface area contributed by atoms with Crippen molar-refractivity contribution in [2.24, 2.45) is 5.92 Å². The maximum absolute atomic E-state index is 10.9. The fraction of sp³-hybridized carbons (Fsp3) is 0.857. The SMILES string of the molecule is C.CC(=O)OC1[CH-]OC(CO[Si](C)(C)C(C)C)C1C.[U]. The molecule has 3 atom stereocenters. The van der Waals surface area contributed by atoms with Gasteiger partial charge in [0.25, 0.3) is 5.97 Å². The second kappa shape index (κ2) is 9.63. The van der Waals surface area contributed by atoms with Gasteiger partial charge < -0.3 is 13.9 Å². The molecule has 0 aliphatic carbocycles. The van der Waals surface area contributed by atoms with E-state index in [0.717, 1.165) is 0 Å². The fourth-order valence-corrected chi connectivity index (χ4v) is 2.55. The third-order valence-corrected chi connectivity index (χ3v) is 7.50. The molecule has 0 aromatic rings. The van der Waals surface area contributed by atoms with Crippen LogP contribution in [0.2, 0.25) is 18.6 Å². The largest absolute Gasteiger partial charge is 0.544 e. The van der Waals surface area contributed by atoms with Crippen molar-refractivity contribution in [1.82, 2.24) is 0 Å². The number of ether oxygens (including phenoxy) is 2. The standard InChI is InChI=1S/C13H25O4Si.CH4.U/c1-9(2)18(5,6)16-8-12-10(3)13(7-15-12)17-11(4)14;;/h7,9-10,12-13H,8H2,1-6H3;1H4;/q-1;;. The molecule has 1 aliphatic rings. The minimum Gasteiger partial charge on any atom is -0.544 e. The van der Waals surface area contributed by atoms with Crippen LogP contribution in [0.3, 0.4) is 0 Å². The monoisotopic (exact) mass is 527 g/mol. The summed E-state index contributed by atoms with van der Waals surface area (Å²) >= 11 is 0. The average Bonchev–Trinajstić information content (AvgIpc) is 2.57. The van der Waals surface area contributed by atoms with Crippen LogP contribution in [0.4, 0.5) is 0 Å². The van der Waals surface area contributed by atoms with E-state index >= 15 is 0 Å². The molecule has 0 radical (unpaired) electrons. The summed E-state index contributed by atoms with van der Waals surface area (Å²) in [5.41, 5.74) is 0.572. The minimum atomic E-state index is -1.63. The quantitative estimate of drug-likeness (QED) is 0.313. The summed E-state index contributed by atoms with van der Waals surface area (Å²) in [5.74, 6) is -0.129. The van der Waals surface area contributed by atoms with Gasteiger partial charge in [-0.2, -0.15) is 6.61 Å². The first-order valence-corrected chi connectivity index (χ1v) is 9.52. The Morgan fingerprint density at radius 2 is 1.95 bits per heavy atom. The molecule has 0 aromatic carbocycles. The first-order valence-electron chi connectivity index (χ1n) is 6.54. The maximum atomic E-state index is 10.9. The van der Waals surface area contributed by atoms with E-state index in [-0.39, 0.29) is 62.6 Å². The van der Waals surface area contributed by atoms with E-state index in [2.05, 4.69) is 26.9 Å². The van der Waals surface area contributed by atoms with Crippen molar-refractivity contribution >= 4 is 14.3 Å². The smallest absolute Gasteiger partial charge is 0.300 e. The molecule has 1 heterocycles. The van der Waals surface area contributed by atoms with Gasteiger partial charge in [0.05, 0.1) is 6.61 Å². The van der Waals surface area contributed by atoms with Gasteiger partial charge in [-0.1, -0.05) is 28.2 Å². The topological polar surface area (TPSA) is 44.8 Å². The first-order chi connectivity index (χ1) is 8.24. The van der Waals surface area contributed by atoms with Crippen molar-refractivity contribution in [3.05, 3.63) is 6.61 Å². The van der Waals surface area contributed by atoms with Gasteiger partial charge in [0.15, 0.2) is 8.32 Å². The Kier molecular flexibility index (Phi) is 11.0. The molecular weight excluding hydrogens is 498 g/mol. The molecule has 0 aromatic heterocycles. The summed E-state index contributed by atoms with van der Waals surface area (Å²) in [7, 11) is -1.63. The van der Waals surface area contributed by atoms with Crippen LogP contribution in [0.1, 0.15) is 35.1 Å². The van der Waals surface area contributed by atoms with Crippen LogP contribution in [0, 0.1) is 43.6 Å². The summed E-state index contributed by atoms with van der Waals surface area (Å²) < 4.78 is 16.8. The van der Waals surface area contributed by atoms with Crippen molar-refractivity contribution in [2.45, 2.75) is 66.0 Å². The van der Waals surface area contributed by atoms with E-state index in [9.17, 15) is 4.79 Å². The minimum absolute atomic E-state index is 0. The van der Waals surface area contributed by atoms with E-state index in [0.29, 0.717) is 12.1 Å². The van der Waals surface area contributed by atoms with Crippen molar-refractivity contribution in [3.8, 4) is 0 Å². The van der Waals surface area contributed by atoms with Crippen LogP contribution in [0.25, 0.3) is 0 Å². The molecule has 0 amide bonds. The number of carbonyl (C=O) groups is 1. The van der Waals surface area contributed by atoms with Crippen LogP contribution in [-0.4, -0.2) is 33.1 Å². The molecule has 0 bridgehead atoms. The van der Waals surface area contributed by atoms with Gasteiger partial charge >= 0.3 is 0 Å². The third kappa shape index (κ3) is 6.61. The molecule has 20 heavy (non-hydrogen) atoms. The molecular formula is C14H29O4SiU-. The third-order valence-electron chi connectivity index (χ3n) is 3.80. The zero-order chi connectivity index (χ0) is 13.9. The van der Waals surface area contributed by atoms with E-state index in [4.69, 9.17) is 13.9 Å². The van der Waals surface area contributed by atoms with Crippen LogP contribution in [0.15, 0.2) is 0 Å². The average molecular weight is 527 g/mol. The predicted octanol–water partition coefficient (Wildman–Crippen LogP) is 3.38. The zero-order valence-corrected chi connectivity index (χ0v) is 17.9. The van der Waals surface area contributed by atoms with Crippen LogP contribution in [0.5, 0.6) is 0 Å². The summed E-state index contributed by atoms with van der Waals surface area (Å²) in [6.07, 6.45) is -0.264. The Bertz CT molecular complexity index is 297. The van der Waals surface area contributed by atoms with Gasteiger partial charge in [-0.3, -0.25) is 4.79 Å². The molecule has 0 spiro atoms. The van der Waals surface area contributed by atoms with Crippen molar-refractivity contribution in [2.75, 3.05) is 6.61 Å². The normalized spacial score (nSPS) is 25.9. The molecule has 0 N–H and O–H groups in total. The number of carbonyl (C=O) groups excluding carboxylic acids is 1. The van der Waals surface area contributed by atoms with E-state index < -0.39 is 8.32 Å². The molecule has 118 valence electrons. The van der Waals surface area contributed by atoms with Crippen LogP contribution in [-0.2, 0) is 18.7 Å². The van der Waals surface area contributed by atoms with Gasteiger partial charge in [-0.15, -0.1) is 0 Å². The Balaban J connectivity index is 0. The predicted molar refractivity (Wildman–Crippen MR) is 79.2 cm³/mol. The molecule has 1 aliphatic heterocycles. The molecule has 1 fully saturated rings. The number of hydrogen-bond donors (Lipinski definition) is 0. The Labute approximate surface area is 148 Å². The van der Waals surface area contributed by atoms with Crippen LogP contribution < -0.4 is 0 Å². The Hall–Kier alpha value is 0.659. The molecule has 1 rings (SSSR count). The molecule has 4 nitrogen and oxygen atoms in total. The van der Waals surface area contributed by atoms with Crippen molar-refractivity contribution in [1.29, 1.82) is 0 Å². The Morgan fingerprint density at radius 3 is 2.40 bits per heavy atom. The fourth-order valence-electron chi connectivity index (χ4n) is 1.62. The summed E-state index contributed by atoms with van der Waals surface area (Å²) in [6.45, 7) is 14.4. The molecule has 1 saturated heterocycles. The number of hydrogen-bond acceptors (Lipinski definition) is 4. The second-order valence-corrected chi connectivity index (χ2v) is 10.5. The van der Waals surface area contributed by atoms with Gasteiger partial charge in [0, 0.05) is 50.2 Å². The van der Waals surface area contributed by atoms with Crippen LogP contribution >= 0.6 is 0 Å². The van der Waals surface area contributed by atoms with E-state index in [1.807, 2.05) is 6.92 Å². The van der Waals surface area contributed by atoms with Crippen molar-refractivity contribution in [3.63, 3.8) is 0 Å². The van der Waals surface area contributed by atoms with E-state index in [1.165, 1.54) is 6.92 Å². The molecule has 0 saturated carbocycles. The van der Waals surface area contributed by atoms with Gasteiger partial charge in [0.2, 0.25) is 0 Å². The van der Waals surface area contributed by atoms with E-state index in [1.54, 1.807) is 6.61 Å². The number of rotatable bonds is 5. The van der Waals surface area contributed by atoms with Crippen molar-refractivity contribution < 1.29 is 49.8 Å². The summed E-state index contributed by atoms with van der Waals surface area (Å²) in [5, 5.41) is 0. The maximum Gasteiger partial charge on any atom is 0.300 e. The second-order valence-electron chi connectivity index (χ2n) is 5.81.